The zero-order chi connectivity index (χ0) is 8.85. The summed E-state index contributed by atoms with van der Waals surface area (Å²) >= 11 is 0. The molecular weight excluding hydrogens is 134 g/mol. The van der Waals surface area contributed by atoms with Crippen molar-refractivity contribution in [3.63, 3.8) is 0 Å². The van der Waals surface area contributed by atoms with E-state index in [9.17, 15) is 0 Å². The van der Waals surface area contributed by atoms with Crippen molar-refractivity contribution in [3.8, 4) is 0 Å². The van der Waals surface area contributed by atoms with Crippen LogP contribution in [0, 0.1) is 5.92 Å². The Kier molecular flexibility index (Phi) is 4.88. The Morgan fingerprint density at radius 1 is 1.27 bits per heavy atom. The van der Waals surface area contributed by atoms with Gasteiger partial charge in [0.15, 0.2) is 0 Å². The molecule has 2 N–H and O–H groups in total. The van der Waals surface area contributed by atoms with E-state index in [1.807, 2.05) is 13.0 Å². The van der Waals surface area contributed by atoms with Crippen LogP contribution < -0.4 is 5.73 Å². The first-order chi connectivity index (χ1) is 5.07. The van der Waals surface area contributed by atoms with Gasteiger partial charge in [0, 0.05) is 6.04 Å². The summed E-state index contributed by atoms with van der Waals surface area (Å²) in [5, 5.41) is 0. The highest BCUT2D eigenvalue weighted by atomic mass is 14.6. The predicted molar refractivity (Wildman–Crippen MR) is 51.4 cm³/mol. The van der Waals surface area contributed by atoms with E-state index in [4.69, 9.17) is 5.73 Å². The Labute approximate surface area is 70.0 Å². The van der Waals surface area contributed by atoms with Gasteiger partial charge in [-0.15, -0.1) is 0 Å². The van der Waals surface area contributed by atoms with E-state index in [1.54, 1.807) is 0 Å². The van der Waals surface area contributed by atoms with Gasteiger partial charge in [0.2, 0.25) is 0 Å². The van der Waals surface area contributed by atoms with E-state index in [-0.39, 0.29) is 6.04 Å². The first kappa shape index (κ1) is 10.4. The minimum atomic E-state index is 0.156. The summed E-state index contributed by atoms with van der Waals surface area (Å²) < 4.78 is 0. The van der Waals surface area contributed by atoms with Crippen LogP contribution in [0.5, 0.6) is 0 Å². The highest BCUT2D eigenvalue weighted by molar-refractivity contribution is 5.20. The average Bonchev–Trinajstić information content (AvgIpc) is 1.87. The van der Waals surface area contributed by atoms with Crippen LogP contribution >= 0.6 is 0 Å². The maximum atomic E-state index is 5.58. The van der Waals surface area contributed by atoms with Gasteiger partial charge >= 0.3 is 0 Å². The van der Waals surface area contributed by atoms with Crippen LogP contribution in [0.4, 0.5) is 0 Å². The Morgan fingerprint density at radius 2 is 1.82 bits per heavy atom. The van der Waals surface area contributed by atoms with E-state index < -0.39 is 0 Å². The van der Waals surface area contributed by atoms with E-state index in [0.29, 0.717) is 5.92 Å². The van der Waals surface area contributed by atoms with E-state index in [2.05, 4.69) is 32.9 Å². The molecule has 0 spiro atoms. The maximum Gasteiger partial charge on any atom is 0.0197 e. The molecule has 0 aliphatic rings. The predicted octanol–water partition coefficient (Wildman–Crippen LogP) is 2.49. The number of hydrogen-bond donors (Lipinski definition) is 1. The molecule has 0 heterocycles. The topological polar surface area (TPSA) is 26.0 Å². The lowest BCUT2D eigenvalue weighted by atomic mass is 10.0. The molecule has 0 aliphatic heterocycles. The quantitative estimate of drug-likeness (QED) is 0.619. The number of hydrogen-bond acceptors (Lipinski definition) is 1. The smallest absolute Gasteiger partial charge is 0.0197 e. The third-order valence-electron chi connectivity index (χ3n) is 1.59. The summed E-state index contributed by atoms with van der Waals surface area (Å²) in [6, 6.07) is 0.156. The van der Waals surface area contributed by atoms with Crippen molar-refractivity contribution in [2.45, 2.75) is 33.7 Å². The van der Waals surface area contributed by atoms with Gasteiger partial charge in [0.25, 0.3) is 0 Å². The van der Waals surface area contributed by atoms with Crippen molar-refractivity contribution >= 4 is 0 Å². The summed E-state index contributed by atoms with van der Waals surface area (Å²) in [4.78, 5) is 0. The molecule has 11 heavy (non-hydrogen) atoms. The van der Waals surface area contributed by atoms with Crippen LogP contribution in [0.3, 0.4) is 0 Å². The Hall–Kier alpha value is -0.560. The van der Waals surface area contributed by atoms with Crippen LogP contribution in [0.2, 0.25) is 0 Å². The van der Waals surface area contributed by atoms with Gasteiger partial charge < -0.3 is 5.73 Å². The zero-order valence-corrected chi connectivity index (χ0v) is 7.96. The van der Waals surface area contributed by atoms with Crippen LogP contribution in [0.15, 0.2) is 23.8 Å². The van der Waals surface area contributed by atoms with E-state index in [1.165, 1.54) is 5.57 Å². The first-order valence-corrected chi connectivity index (χ1v) is 4.18. The lowest BCUT2D eigenvalue weighted by Gasteiger charge is -2.05. The number of nitrogens with two attached hydrogens (primary N) is 1. The monoisotopic (exact) mass is 153 g/mol. The summed E-state index contributed by atoms with van der Waals surface area (Å²) in [6.07, 6.45) is 6.26. The van der Waals surface area contributed by atoms with Gasteiger partial charge in [-0.25, -0.2) is 0 Å². The van der Waals surface area contributed by atoms with Crippen LogP contribution in [-0.2, 0) is 0 Å². The molecule has 0 rings (SSSR count). The molecular formula is C10H19N. The van der Waals surface area contributed by atoms with Crippen molar-refractivity contribution in [3.05, 3.63) is 23.8 Å². The molecule has 0 fully saturated rings. The van der Waals surface area contributed by atoms with E-state index in [0.717, 1.165) is 0 Å². The third-order valence-corrected chi connectivity index (χ3v) is 1.59. The molecule has 0 amide bonds. The summed E-state index contributed by atoms with van der Waals surface area (Å²) in [5.41, 5.74) is 6.93. The molecule has 0 bridgehead atoms. The molecule has 0 saturated carbocycles. The van der Waals surface area contributed by atoms with Gasteiger partial charge in [-0.3, -0.25) is 0 Å². The van der Waals surface area contributed by atoms with Crippen LogP contribution in [0.1, 0.15) is 27.7 Å². The molecule has 0 aromatic rings. The molecule has 0 aliphatic carbocycles. The fourth-order valence-electron chi connectivity index (χ4n) is 0.885. The maximum absolute atomic E-state index is 5.58. The normalized spacial score (nSPS) is 16.4. The number of rotatable bonds is 3. The van der Waals surface area contributed by atoms with Gasteiger partial charge in [-0.1, -0.05) is 32.1 Å². The molecule has 1 nitrogen and oxygen atoms in total. The lowest BCUT2D eigenvalue weighted by molar-refractivity contribution is 0.786. The van der Waals surface area contributed by atoms with Crippen molar-refractivity contribution in [2.24, 2.45) is 11.7 Å². The van der Waals surface area contributed by atoms with Crippen LogP contribution in [-0.4, -0.2) is 6.04 Å². The third kappa shape index (κ3) is 4.79. The Bertz CT molecular complexity index is 152. The minimum absolute atomic E-state index is 0.156. The Balaban J connectivity index is 4.10. The molecule has 0 aromatic heterocycles. The largest absolute Gasteiger partial charge is 0.325 e. The molecule has 1 atom stereocenters. The van der Waals surface area contributed by atoms with Gasteiger partial charge in [-0.2, -0.15) is 0 Å². The summed E-state index contributed by atoms with van der Waals surface area (Å²) in [6.45, 7) is 8.40. The zero-order valence-electron chi connectivity index (χ0n) is 7.96. The minimum Gasteiger partial charge on any atom is -0.325 e. The van der Waals surface area contributed by atoms with Gasteiger partial charge in [-0.05, 0) is 25.3 Å². The second-order valence-electron chi connectivity index (χ2n) is 3.16. The molecule has 0 radical (unpaired) electrons. The van der Waals surface area contributed by atoms with E-state index >= 15 is 0 Å². The molecule has 0 aromatic carbocycles. The fraction of sp³-hybridized carbons (Fsp3) is 0.600. The van der Waals surface area contributed by atoms with Gasteiger partial charge in [0.05, 0.1) is 0 Å². The highest BCUT2D eigenvalue weighted by Crippen LogP contribution is 2.10. The second kappa shape index (κ2) is 5.14. The molecule has 0 saturated heterocycles. The number of allylic oxidation sites excluding steroid dienone is 3. The summed E-state index contributed by atoms with van der Waals surface area (Å²) in [7, 11) is 0. The fourth-order valence-corrected chi connectivity index (χ4v) is 0.885. The van der Waals surface area contributed by atoms with Crippen molar-refractivity contribution in [1.29, 1.82) is 0 Å². The standard InChI is InChI=1S/C10H19N/c1-5-10(8(2)3)7-6-9(4)11/h5-9H,11H2,1-4H3/b7-6-,10-5+. The second-order valence-corrected chi connectivity index (χ2v) is 3.16. The van der Waals surface area contributed by atoms with Crippen molar-refractivity contribution < 1.29 is 0 Å². The van der Waals surface area contributed by atoms with Crippen molar-refractivity contribution in [1.82, 2.24) is 0 Å². The first-order valence-electron chi connectivity index (χ1n) is 4.18. The average molecular weight is 153 g/mol. The van der Waals surface area contributed by atoms with Crippen LogP contribution in [0.25, 0.3) is 0 Å². The molecule has 1 unspecified atom stereocenters. The lowest BCUT2D eigenvalue weighted by Crippen LogP contribution is -2.10. The highest BCUT2D eigenvalue weighted by Gasteiger charge is 1.96. The molecule has 64 valence electrons. The van der Waals surface area contributed by atoms with Gasteiger partial charge in [0.1, 0.15) is 0 Å². The SMILES string of the molecule is C/C=C(\C=C/C(C)N)C(C)C. The molecule has 1 heteroatoms. The summed E-state index contributed by atoms with van der Waals surface area (Å²) in [5.74, 6) is 0.593. The van der Waals surface area contributed by atoms with Crippen molar-refractivity contribution in [2.75, 3.05) is 0 Å². The Morgan fingerprint density at radius 3 is 2.09 bits per heavy atom.